The van der Waals surface area contributed by atoms with E-state index in [9.17, 15) is 4.79 Å². The predicted octanol–water partition coefficient (Wildman–Crippen LogP) is 3.91. The molecular formula is C17H23NO2. The molecule has 0 aromatic heterocycles. The summed E-state index contributed by atoms with van der Waals surface area (Å²) in [6.07, 6.45) is 5.14. The Bertz CT molecular complexity index is 492. The lowest BCUT2D eigenvalue weighted by Crippen LogP contribution is -2.40. The van der Waals surface area contributed by atoms with Crippen LogP contribution in [-0.4, -0.2) is 11.7 Å². The zero-order chi connectivity index (χ0) is 15.4. The second-order valence-corrected chi connectivity index (χ2v) is 6.36. The van der Waals surface area contributed by atoms with Crippen LogP contribution in [0, 0.1) is 17.8 Å². The average Bonchev–Trinajstić information content (AvgIpc) is 2.35. The number of terminal acetylenes is 1. The van der Waals surface area contributed by atoms with Crippen LogP contribution >= 0.6 is 0 Å². The van der Waals surface area contributed by atoms with E-state index in [-0.39, 0.29) is 6.04 Å². The Morgan fingerprint density at radius 2 is 1.75 bits per heavy atom. The van der Waals surface area contributed by atoms with Crippen LogP contribution in [0.5, 0.6) is 0 Å². The highest BCUT2D eigenvalue weighted by atomic mass is 16.6. The van der Waals surface area contributed by atoms with Gasteiger partial charge >= 0.3 is 6.09 Å². The van der Waals surface area contributed by atoms with Gasteiger partial charge in [-0.3, -0.25) is 0 Å². The molecule has 1 rings (SSSR count). The zero-order valence-electron chi connectivity index (χ0n) is 12.9. The van der Waals surface area contributed by atoms with Gasteiger partial charge in [0.2, 0.25) is 0 Å². The van der Waals surface area contributed by atoms with Gasteiger partial charge in [-0.15, -0.1) is 6.42 Å². The van der Waals surface area contributed by atoms with Gasteiger partial charge in [-0.05, 0) is 40.2 Å². The number of ether oxygens (including phenoxy) is 1. The van der Waals surface area contributed by atoms with E-state index >= 15 is 0 Å². The van der Waals surface area contributed by atoms with E-state index < -0.39 is 17.1 Å². The Labute approximate surface area is 121 Å². The van der Waals surface area contributed by atoms with E-state index in [0.717, 1.165) is 5.56 Å². The number of amides is 1. The lowest BCUT2D eigenvalue weighted by atomic mass is 9.81. The molecule has 3 nitrogen and oxygen atoms in total. The van der Waals surface area contributed by atoms with Gasteiger partial charge in [0.05, 0.1) is 11.5 Å². The molecule has 1 aromatic rings. The van der Waals surface area contributed by atoms with Gasteiger partial charge in [0.1, 0.15) is 5.60 Å². The monoisotopic (exact) mass is 273 g/mol. The van der Waals surface area contributed by atoms with Crippen molar-refractivity contribution in [1.82, 2.24) is 5.32 Å². The first-order chi connectivity index (χ1) is 9.15. The molecule has 0 aliphatic heterocycles. The van der Waals surface area contributed by atoms with Gasteiger partial charge in [0.15, 0.2) is 0 Å². The molecule has 20 heavy (non-hydrogen) atoms. The largest absolute Gasteiger partial charge is 0.444 e. The Balaban J connectivity index is 2.97. The summed E-state index contributed by atoms with van der Waals surface area (Å²) in [5, 5.41) is 2.88. The maximum Gasteiger partial charge on any atom is 0.408 e. The molecule has 0 spiro atoms. The van der Waals surface area contributed by atoms with Crippen molar-refractivity contribution in [1.29, 1.82) is 0 Å². The summed E-state index contributed by atoms with van der Waals surface area (Å²) in [5.74, 6) is 2.74. The highest BCUT2D eigenvalue weighted by Crippen LogP contribution is 2.32. The fraction of sp³-hybridized carbons (Fsp3) is 0.471. The molecule has 0 aliphatic carbocycles. The number of benzene rings is 1. The van der Waals surface area contributed by atoms with Crippen molar-refractivity contribution in [3.63, 3.8) is 0 Å². The Morgan fingerprint density at radius 3 is 2.20 bits per heavy atom. The van der Waals surface area contributed by atoms with E-state index in [4.69, 9.17) is 11.2 Å². The van der Waals surface area contributed by atoms with Crippen LogP contribution in [0.1, 0.15) is 46.2 Å². The second kappa shape index (κ2) is 6.00. The van der Waals surface area contributed by atoms with Crippen LogP contribution in [-0.2, 0) is 4.74 Å². The summed E-state index contributed by atoms with van der Waals surface area (Å²) in [5.41, 5.74) is -0.0922. The normalized spacial score (nSPS) is 13.2. The number of alkyl carbamates (subject to hydrolysis) is 1. The average molecular weight is 273 g/mol. The van der Waals surface area contributed by atoms with Crippen LogP contribution in [0.2, 0.25) is 0 Å². The van der Waals surface area contributed by atoms with E-state index in [1.807, 2.05) is 65.0 Å². The van der Waals surface area contributed by atoms with Crippen molar-refractivity contribution < 1.29 is 9.53 Å². The van der Waals surface area contributed by atoms with Gasteiger partial charge < -0.3 is 10.1 Å². The highest BCUT2D eigenvalue weighted by molar-refractivity contribution is 5.68. The summed E-state index contributed by atoms with van der Waals surface area (Å²) in [6, 6.07) is 9.36. The van der Waals surface area contributed by atoms with Crippen molar-refractivity contribution >= 4 is 6.09 Å². The van der Waals surface area contributed by atoms with E-state index in [1.54, 1.807) is 0 Å². The van der Waals surface area contributed by atoms with Crippen LogP contribution < -0.4 is 5.32 Å². The molecule has 0 saturated heterocycles. The number of carbonyl (C=O) groups is 1. The number of hydrogen-bond acceptors (Lipinski definition) is 2. The highest BCUT2D eigenvalue weighted by Gasteiger charge is 2.31. The number of carbonyl (C=O) groups excluding carboxylic acids is 1. The summed E-state index contributed by atoms with van der Waals surface area (Å²) in [4.78, 5) is 12.0. The summed E-state index contributed by atoms with van der Waals surface area (Å²) >= 11 is 0. The molecule has 0 bridgehead atoms. The fourth-order valence-corrected chi connectivity index (χ4v) is 1.83. The molecule has 0 aliphatic rings. The van der Waals surface area contributed by atoms with Crippen molar-refractivity contribution in [2.24, 2.45) is 5.41 Å². The first-order valence-electron chi connectivity index (χ1n) is 6.68. The molecule has 0 radical (unpaired) electrons. The third-order valence-corrected chi connectivity index (χ3v) is 2.89. The van der Waals surface area contributed by atoms with Gasteiger partial charge in [-0.25, -0.2) is 4.79 Å². The summed E-state index contributed by atoms with van der Waals surface area (Å²) < 4.78 is 5.31. The summed E-state index contributed by atoms with van der Waals surface area (Å²) in [6.45, 7) is 9.33. The fourth-order valence-electron chi connectivity index (χ4n) is 1.83. The lowest BCUT2D eigenvalue weighted by Gasteiger charge is -2.32. The smallest absolute Gasteiger partial charge is 0.408 e. The molecule has 0 saturated carbocycles. The third-order valence-electron chi connectivity index (χ3n) is 2.89. The van der Waals surface area contributed by atoms with E-state index in [2.05, 4.69) is 11.2 Å². The standard InChI is InChI=1S/C17H23NO2/c1-7-17(5,6)14(13-11-9-8-10-12-13)18-15(19)20-16(2,3)4/h1,8-12,14H,2-6H3,(H,18,19). The van der Waals surface area contributed by atoms with E-state index in [1.165, 1.54) is 0 Å². The maximum absolute atomic E-state index is 12.0. The molecule has 1 N–H and O–H groups in total. The minimum atomic E-state index is -0.536. The number of hydrogen-bond donors (Lipinski definition) is 1. The lowest BCUT2D eigenvalue weighted by molar-refractivity contribution is 0.0475. The molecule has 3 heteroatoms. The molecule has 1 unspecified atom stereocenters. The minimum absolute atomic E-state index is 0.302. The van der Waals surface area contributed by atoms with Gasteiger partial charge in [0.25, 0.3) is 0 Å². The zero-order valence-corrected chi connectivity index (χ0v) is 12.9. The van der Waals surface area contributed by atoms with Crippen LogP contribution in [0.4, 0.5) is 4.79 Å². The van der Waals surface area contributed by atoms with Crippen LogP contribution in [0.3, 0.4) is 0 Å². The molecular weight excluding hydrogens is 250 g/mol. The van der Waals surface area contributed by atoms with Gasteiger partial charge in [-0.1, -0.05) is 36.3 Å². The molecule has 1 atom stereocenters. The molecule has 0 fully saturated rings. The Hall–Kier alpha value is -1.95. The van der Waals surface area contributed by atoms with Gasteiger partial charge in [0, 0.05) is 0 Å². The molecule has 1 amide bonds. The topological polar surface area (TPSA) is 38.3 Å². The minimum Gasteiger partial charge on any atom is -0.444 e. The Kier molecular flexibility index (Phi) is 4.83. The first-order valence-corrected chi connectivity index (χ1v) is 6.68. The van der Waals surface area contributed by atoms with E-state index in [0.29, 0.717) is 0 Å². The third kappa shape index (κ3) is 4.62. The Morgan fingerprint density at radius 1 is 1.20 bits per heavy atom. The molecule has 108 valence electrons. The number of rotatable bonds is 3. The SMILES string of the molecule is C#CC(C)(C)C(NC(=O)OC(C)(C)C)c1ccccc1. The number of nitrogens with one attached hydrogen (secondary N) is 1. The van der Waals surface area contributed by atoms with Crippen molar-refractivity contribution in [3.8, 4) is 12.3 Å². The molecule has 0 heterocycles. The first kappa shape index (κ1) is 16.1. The van der Waals surface area contributed by atoms with Crippen molar-refractivity contribution in [2.75, 3.05) is 0 Å². The van der Waals surface area contributed by atoms with Crippen molar-refractivity contribution in [3.05, 3.63) is 35.9 Å². The van der Waals surface area contributed by atoms with Gasteiger partial charge in [-0.2, -0.15) is 0 Å². The van der Waals surface area contributed by atoms with Crippen LogP contribution in [0.25, 0.3) is 0 Å². The molecule has 1 aromatic carbocycles. The second-order valence-electron chi connectivity index (χ2n) is 6.36. The maximum atomic E-state index is 12.0. The van der Waals surface area contributed by atoms with Crippen molar-refractivity contribution in [2.45, 2.75) is 46.3 Å². The summed E-state index contributed by atoms with van der Waals surface area (Å²) in [7, 11) is 0. The quantitative estimate of drug-likeness (QED) is 0.848. The van der Waals surface area contributed by atoms with Crippen LogP contribution in [0.15, 0.2) is 30.3 Å². The predicted molar refractivity (Wildman–Crippen MR) is 81.2 cm³/mol.